The Morgan fingerprint density at radius 3 is 2.67 bits per heavy atom. The van der Waals surface area contributed by atoms with Gasteiger partial charge in [0.1, 0.15) is 11.9 Å². The summed E-state index contributed by atoms with van der Waals surface area (Å²) < 4.78 is 1.96. The van der Waals surface area contributed by atoms with E-state index >= 15 is 0 Å². The van der Waals surface area contributed by atoms with Crippen LogP contribution in [0, 0.1) is 0 Å². The van der Waals surface area contributed by atoms with Crippen LogP contribution in [0.4, 0.5) is 0 Å². The summed E-state index contributed by atoms with van der Waals surface area (Å²) in [5.74, 6) is 0.827. The van der Waals surface area contributed by atoms with Gasteiger partial charge in [-0.25, -0.2) is 4.98 Å². The molecule has 0 aliphatic heterocycles. The van der Waals surface area contributed by atoms with Gasteiger partial charge in [0.25, 0.3) is 5.91 Å². The van der Waals surface area contributed by atoms with Crippen LogP contribution >= 0.6 is 11.3 Å². The molecule has 2 heterocycles. The summed E-state index contributed by atoms with van der Waals surface area (Å²) in [6.07, 6.45) is 10.9. The number of nitrogens with one attached hydrogen (secondary N) is 1. The largest absolute Gasteiger partial charge is 0.337 e. The van der Waals surface area contributed by atoms with Crippen molar-refractivity contribution in [2.24, 2.45) is 7.05 Å². The van der Waals surface area contributed by atoms with Crippen molar-refractivity contribution in [2.45, 2.75) is 44.6 Å². The molecule has 0 radical (unpaired) electrons. The molecule has 0 saturated heterocycles. The topological polar surface area (TPSA) is 46.9 Å². The first-order chi connectivity index (χ1) is 13.2. The molecule has 1 amide bonds. The van der Waals surface area contributed by atoms with E-state index in [-0.39, 0.29) is 11.9 Å². The molecule has 1 aliphatic rings. The first-order valence-electron chi connectivity index (χ1n) is 9.67. The number of aryl methyl sites for hydroxylation is 3. The second-order valence-corrected chi connectivity index (χ2v) is 8.32. The first kappa shape index (κ1) is 18.0. The maximum Gasteiger partial charge on any atom is 0.262 e. The van der Waals surface area contributed by atoms with Crippen LogP contribution in [0.5, 0.6) is 0 Å². The summed E-state index contributed by atoms with van der Waals surface area (Å²) >= 11 is 1.67. The number of imidazole rings is 1. The van der Waals surface area contributed by atoms with Gasteiger partial charge >= 0.3 is 0 Å². The molecule has 5 heteroatoms. The average molecular weight is 380 g/mol. The van der Waals surface area contributed by atoms with E-state index in [1.807, 2.05) is 48.1 Å². The quantitative estimate of drug-likeness (QED) is 0.717. The van der Waals surface area contributed by atoms with Gasteiger partial charge in [-0.15, -0.1) is 11.3 Å². The zero-order chi connectivity index (χ0) is 18.6. The second kappa shape index (κ2) is 8.09. The molecule has 1 unspecified atom stereocenters. The molecule has 3 aromatic rings. The van der Waals surface area contributed by atoms with E-state index < -0.39 is 0 Å². The van der Waals surface area contributed by atoms with Crippen molar-refractivity contribution in [1.82, 2.24) is 14.9 Å². The van der Waals surface area contributed by atoms with Gasteiger partial charge in [0, 0.05) is 24.3 Å². The van der Waals surface area contributed by atoms with E-state index in [1.165, 1.54) is 36.1 Å². The van der Waals surface area contributed by atoms with Crippen LogP contribution in [0.3, 0.4) is 0 Å². The molecule has 0 saturated carbocycles. The van der Waals surface area contributed by atoms with Gasteiger partial charge in [0.05, 0.1) is 4.88 Å². The van der Waals surface area contributed by atoms with Crippen LogP contribution in [0.15, 0.2) is 48.8 Å². The molecule has 140 valence electrons. The van der Waals surface area contributed by atoms with Crippen LogP contribution in [0.1, 0.15) is 63.2 Å². The van der Waals surface area contributed by atoms with Gasteiger partial charge in [-0.05, 0) is 42.9 Å². The lowest BCUT2D eigenvalue weighted by atomic mass is 9.99. The van der Waals surface area contributed by atoms with Crippen LogP contribution in [-0.4, -0.2) is 15.5 Å². The summed E-state index contributed by atoms with van der Waals surface area (Å²) in [5.41, 5.74) is 2.41. The number of amides is 1. The van der Waals surface area contributed by atoms with Gasteiger partial charge in [0.2, 0.25) is 0 Å². The van der Waals surface area contributed by atoms with Crippen LogP contribution in [0.2, 0.25) is 0 Å². The van der Waals surface area contributed by atoms with E-state index in [4.69, 9.17) is 0 Å². The highest BCUT2D eigenvalue weighted by atomic mass is 32.1. The molecule has 1 atom stereocenters. The fourth-order valence-electron chi connectivity index (χ4n) is 3.76. The molecule has 0 bridgehead atoms. The van der Waals surface area contributed by atoms with Crippen molar-refractivity contribution >= 4 is 17.2 Å². The number of aromatic nitrogens is 2. The minimum atomic E-state index is -0.261. The lowest BCUT2D eigenvalue weighted by Crippen LogP contribution is -2.30. The third-order valence-electron chi connectivity index (χ3n) is 5.25. The van der Waals surface area contributed by atoms with Crippen molar-refractivity contribution < 1.29 is 4.79 Å². The van der Waals surface area contributed by atoms with Gasteiger partial charge in [-0.1, -0.05) is 43.2 Å². The molecule has 0 fully saturated rings. The van der Waals surface area contributed by atoms with Crippen molar-refractivity contribution in [3.05, 3.63) is 75.5 Å². The van der Waals surface area contributed by atoms with Crippen LogP contribution in [-0.2, 0) is 19.9 Å². The van der Waals surface area contributed by atoms with Gasteiger partial charge in [-0.2, -0.15) is 0 Å². The third kappa shape index (κ3) is 3.98. The highest BCUT2D eigenvalue weighted by Gasteiger charge is 2.23. The van der Waals surface area contributed by atoms with Crippen LogP contribution in [0.25, 0.3) is 0 Å². The molecule has 1 aliphatic carbocycles. The summed E-state index contributed by atoms with van der Waals surface area (Å²) in [6, 6.07) is 11.9. The summed E-state index contributed by atoms with van der Waals surface area (Å²) in [7, 11) is 1.96. The SMILES string of the molecule is Cn1ccnc1C(NC(=O)c1cc2c(s1)CCCCCC2)c1ccccc1. The van der Waals surface area contributed by atoms with Crippen molar-refractivity contribution in [2.75, 3.05) is 0 Å². The zero-order valence-corrected chi connectivity index (χ0v) is 16.5. The molecule has 4 nitrogen and oxygen atoms in total. The Hall–Kier alpha value is -2.40. The normalized spacial score (nSPS) is 15.4. The molecule has 1 N–H and O–H groups in total. The Morgan fingerprint density at radius 1 is 1.15 bits per heavy atom. The van der Waals surface area contributed by atoms with Gasteiger partial charge in [-0.3, -0.25) is 4.79 Å². The Morgan fingerprint density at radius 2 is 1.93 bits per heavy atom. The molecular weight excluding hydrogens is 354 g/mol. The van der Waals surface area contributed by atoms with E-state index in [2.05, 4.69) is 16.4 Å². The summed E-state index contributed by atoms with van der Waals surface area (Å²) in [6.45, 7) is 0. The summed E-state index contributed by atoms with van der Waals surface area (Å²) in [5, 5.41) is 3.22. The predicted molar refractivity (Wildman–Crippen MR) is 109 cm³/mol. The fourth-order valence-corrected chi connectivity index (χ4v) is 4.91. The number of thiophene rings is 1. The van der Waals surface area contributed by atoms with Crippen LogP contribution < -0.4 is 5.32 Å². The summed E-state index contributed by atoms with van der Waals surface area (Å²) in [4.78, 5) is 19.8. The minimum absolute atomic E-state index is 0.0106. The number of hydrogen-bond acceptors (Lipinski definition) is 3. The van der Waals surface area contributed by atoms with E-state index in [0.717, 1.165) is 29.1 Å². The second-order valence-electron chi connectivity index (χ2n) is 7.19. The first-order valence-corrected chi connectivity index (χ1v) is 10.5. The standard InChI is InChI=1S/C22H25N3OS/c1-25-14-13-23-21(25)20(16-9-6-4-7-10-16)24-22(26)19-15-17-11-5-2-3-8-12-18(17)27-19/h4,6-7,9-10,13-15,20H,2-3,5,8,11-12H2,1H3,(H,24,26). The van der Waals surface area contributed by atoms with Gasteiger partial charge < -0.3 is 9.88 Å². The maximum absolute atomic E-state index is 13.1. The Labute approximate surface area is 164 Å². The third-order valence-corrected chi connectivity index (χ3v) is 6.48. The predicted octanol–water partition coefficient (Wildman–Crippen LogP) is 4.66. The Balaban J connectivity index is 1.61. The van der Waals surface area contributed by atoms with E-state index in [0.29, 0.717) is 0 Å². The zero-order valence-electron chi connectivity index (χ0n) is 15.6. The minimum Gasteiger partial charge on any atom is -0.337 e. The smallest absolute Gasteiger partial charge is 0.262 e. The lowest BCUT2D eigenvalue weighted by molar-refractivity contribution is 0.0945. The molecule has 4 rings (SSSR count). The number of carbonyl (C=O) groups excluding carboxylic acids is 1. The monoisotopic (exact) mass is 379 g/mol. The molecular formula is C22H25N3OS. The number of nitrogens with zero attached hydrogens (tertiary/aromatic N) is 2. The van der Waals surface area contributed by atoms with Crippen molar-refractivity contribution in [3.8, 4) is 0 Å². The maximum atomic E-state index is 13.1. The van der Waals surface area contributed by atoms with Crippen molar-refractivity contribution in [3.63, 3.8) is 0 Å². The highest BCUT2D eigenvalue weighted by molar-refractivity contribution is 7.14. The molecule has 2 aromatic heterocycles. The van der Waals surface area contributed by atoms with Gasteiger partial charge in [0.15, 0.2) is 0 Å². The number of hydrogen-bond donors (Lipinski definition) is 1. The molecule has 27 heavy (non-hydrogen) atoms. The highest BCUT2D eigenvalue weighted by Crippen LogP contribution is 2.29. The molecule has 0 spiro atoms. The van der Waals surface area contributed by atoms with E-state index in [9.17, 15) is 4.79 Å². The number of rotatable bonds is 4. The fraction of sp³-hybridized carbons (Fsp3) is 0.364. The Kier molecular flexibility index (Phi) is 5.39. The molecule has 1 aromatic carbocycles. The number of carbonyl (C=O) groups is 1. The lowest BCUT2D eigenvalue weighted by Gasteiger charge is -2.18. The average Bonchev–Trinajstić information content (AvgIpc) is 3.26. The van der Waals surface area contributed by atoms with E-state index in [1.54, 1.807) is 17.5 Å². The number of benzene rings is 1. The number of fused-ring (bicyclic) bond motifs is 1. The Bertz CT molecular complexity index is 887. The van der Waals surface area contributed by atoms with Crippen molar-refractivity contribution in [1.29, 1.82) is 0 Å².